The Bertz CT molecular complexity index is 175. The molecular formula is C11H22O2. The zero-order chi connectivity index (χ0) is 10.1. The molecule has 1 saturated heterocycles. The summed E-state index contributed by atoms with van der Waals surface area (Å²) >= 11 is 0. The lowest BCUT2D eigenvalue weighted by atomic mass is 9.80. The second-order valence-electron chi connectivity index (χ2n) is 5.32. The topological polar surface area (TPSA) is 29.5 Å². The highest BCUT2D eigenvalue weighted by molar-refractivity contribution is 4.90. The minimum absolute atomic E-state index is 0.115. The molecule has 1 aliphatic heterocycles. The predicted octanol–water partition coefficient (Wildman–Crippen LogP) is 2.35. The maximum Gasteiger partial charge on any atom is 0.0684 e. The van der Waals surface area contributed by atoms with Crippen molar-refractivity contribution in [3.63, 3.8) is 0 Å². The van der Waals surface area contributed by atoms with Gasteiger partial charge in [-0.25, -0.2) is 0 Å². The van der Waals surface area contributed by atoms with Crippen LogP contribution in [-0.4, -0.2) is 22.9 Å². The van der Waals surface area contributed by atoms with Crippen molar-refractivity contribution in [2.45, 2.75) is 58.2 Å². The van der Waals surface area contributed by atoms with Crippen molar-refractivity contribution < 1.29 is 9.84 Å². The van der Waals surface area contributed by atoms with Crippen molar-refractivity contribution in [2.75, 3.05) is 6.61 Å². The van der Waals surface area contributed by atoms with Crippen LogP contribution in [0, 0.1) is 5.92 Å². The number of ether oxygens (including phenoxy) is 1. The van der Waals surface area contributed by atoms with Crippen molar-refractivity contribution >= 4 is 0 Å². The van der Waals surface area contributed by atoms with Gasteiger partial charge < -0.3 is 9.84 Å². The van der Waals surface area contributed by atoms with Gasteiger partial charge in [-0.15, -0.1) is 0 Å². The van der Waals surface area contributed by atoms with Crippen LogP contribution < -0.4 is 0 Å². The Balaban J connectivity index is 2.58. The summed E-state index contributed by atoms with van der Waals surface area (Å²) in [5, 5.41) is 9.94. The molecule has 1 aliphatic rings. The first-order valence-corrected chi connectivity index (χ1v) is 5.19. The van der Waals surface area contributed by atoms with Gasteiger partial charge in [0.25, 0.3) is 0 Å². The molecule has 0 amide bonds. The van der Waals surface area contributed by atoms with Gasteiger partial charge in [0, 0.05) is 6.42 Å². The molecule has 0 aromatic heterocycles. The Morgan fingerprint density at radius 2 is 2.00 bits per heavy atom. The Labute approximate surface area is 81.3 Å². The Kier molecular flexibility index (Phi) is 3.03. The summed E-state index contributed by atoms with van der Waals surface area (Å²) in [7, 11) is 0. The average molecular weight is 186 g/mol. The van der Waals surface area contributed by atoms with E-state index in [4.69, 9.17) is 4.74 Å². The molecule has 1 rings (SSSR count). The molecule has 0 aliphatic carbocycles. The number of rotatable bonds is 2. The molecule has 0 bridgehead atoms. The number of hydrogen-bond acceptors (Lipinski definition) is 2. The van der Waals surface area contributed by atoms with Crippen LogP contribution in [0.25, 0.3) is 0 Å². The third-order valence-corrected chi connectivity index (χ3v) is 2.69. The molecule has 2 atom stereocenters. The maximum absolute atomic E-state index is 9.94. The Morgan fingerprint density at radius 1 is 1.38 bits per heavy atom. The maximum atomic E-state index is 9.94. The Morgan fingerprint density at radius 3 is 2.46 bits per heavy atom. The molecule has 1 heterocycles. The molecule has 0 spiro atoms. The average Bonchev–Trinajstić information content (AvgIpc) is 1.79. The van der Waals surface area contributed by atoms with Gasteiger partial charge >= 0.3 is 0 Å². The first-order chi connectivity index (χ1) is 5.83. The van der Waals surface area contributed by atoms with Crippen LogP contribution in [0.5, 0.6) is 0 Å². The van der Waals surface area contributed by atoms with E-state index < -0.39 is 5.60 Å². The Hall–Kier alpha value is -0.0800. The highest BCUT2D eigenvalue weighted by Gasteiger charge is 2.39. The molecule has 2 unspecified atom stereocenters. The van der Waals surface area contributed by atoms with E-state index >= 15 is 0 Å². The van der Waals surface area contributed by atoms with Gasteiger partial charge in [0.1, 0.15) is 0 Å². The van der Waals surface area contributed by atoms with Gasteiger partial charge in [-0.1, -0.05) is 13.8 Å². The lowest BCUT2D eigenvalue weighted by Gasteiger charge is -2.42. The van der Waals surface area contributed by atoms with Crippen molar-refractivity contribution in [1.29, 1.82) is 0 Å². The summed E-state index contributed by atoms with van der Waals surface area (Å²) in [6.45, 7) is 9.10. The summed E-state index contributed by atoms with van der Waals surface area (Å²) in [5.74, 6) is 0.624. The monoisotopic (exact) mass is 186 g/mol. The van der Waals surface area contributed by atoms with Gasteiger partial charge in [0.2, 0.25) is 0 Å². The van der Waals surface area contributed by atoms with Crippen LogP contribution >= 0.6 is 0 Å². The second-order valence-corrected chi connectivity index (χ2v) is 5.32. The van der Waals surface area contributed by atoms with Crippen LogP contribution in [0.2, 0.25) is 0 Å². The molecule has 2 heteroatoms. The first kappa shape index (κ1) is 11.0. The smallest absolute Gasteiger partial charge is 0.0684 e. The lowest BCUT2D eigenvalue weighted by molar-refractivity contribution is -0.151. The van der Waals surface area contributed by atoms with Crippen LogP contribution in [0.15, 0.2) is 0 Å². The van der Waals surface area contributed by atoms with E-state index in [1.54, 1.807) is 0 Å². The molecule has 0 aromatic carbocycles. The molecule has 13 heavy (non-hydrogen) atoms. The molecule has 2 nitrogen and oxygen atoms in total. The van der Waals surface area contributed by atoms with Crippen molar-refractivity contribution in [3.8, 4) is 0 Å². The van der Waals surface area contributed by atoms with E-state index in [0.717, 1.165) is 19.3 Å². The molecule has 78 valence electrons. The van der Waals surface area contributed by atoms with Gasteiger partial charge in [0.05, 0.1) is 17.8 Å². The predicted molar refractivity (Wildman–Crippen MR) is 53.7 cm³/mol. The molecular weight excluding hydrogens is 164 g/mol. The van der Waals surface area contributed by atoms with Gasteiger partial charge in [-0.2, -0.15) is 0 Å². The minimum atomic E-state index is -0.526. The fourth-order valence-electron chi connectivity index (χ4n) is 2.46. The SMILES string of the molecule is CC(C)CC1(C)CC(C)(O)CCO1. The summed E-state index contributed by atoms with van der Waals surface area (Å²) in [6, 6.07) is 0. The third kappa shape index (κ3) is 3.28. The number of aliphatic hydroxyl groups is 1. The summed E-state index contributed by atoms with van der Waals surface area (Å²) < 4.78 is 5.75. The fraction of sp³-hybridized carbons (Fsp3) is 1.00. The van der Waals surface area contributed by atoms with Crippen LogP contribution in [-0.2, 0) is 4.74 Å². The summed E-state index contributed by atoms with van der Waals surface area (Å²) in [6.07, 6.45) is 2.56. The quantitative estimate of drug-likeness (QED) is 0.717. The van der Waals surface area contributed by atoms with Crippen molar-refractivity contribution in [1.82, 2.24) is 0 Å². The van der Waals surface area contributed by atoms with E-state index in [1.807, 2.05) is 6.92 Å². The number of hydrogen-bond donors (Lipinski definition) is 1. The van der Waals surface area contributed by atoms with E-state index in [2.05, 4.69) is 20.8 Å². The molecule has 1 fully saturated rings. The first-order valence-electron chi connectivity index (χ1n) is 5.19. The van der Waals surface area contributed by atoms with Crippen molar-refractivity contribution in [2.24, 2.45) is 5.92 Å². The minimum Gasteiger partial charge on any atom is -0.390 e. The second kappa shape index (κ2) is 3.58. The third-order valence-electron chi connectivity index (χ3n) is 2.69. The van der Waals surface area contributed by atoms with Gasteiger partial charge in [-0.05, 0) is 32.6 Å². The fourth-order valence-corrected chi connectivity index (χ4v) is 2.46. The van der Waals surface area contributed by atoms with E-state index in [0.29, 0.717) is 12.5 Å². The largest absolute Gasteiger partial charge is 0.390 e. The van der Waals surface area contributed by atoms with Crippen LogP contribution in [0.1, 0.15) is 47.0 Å². The van der Waals surface area contributed by atoms with Gasteiger partial charge in [0.15, 0.2) is 0 Å². The zero-order valence-corrected chi connectivity index (χ0v) is 9.26. The highest BCUT2D eigenvalue weighted by atomic mass is 16.5. The standard InChI is InChI=1S/C11H22O2/c1-9(2)7-11(4)8-10(3,12)5-6-13-11/h9,12H,5-8H2,1-4H3. The molecule has 0 radical (unpaired) electrons. The summed E-state index contributed by atoms with van der Waals surface area (Å²) in [4.78, 5) is 0. The zero-order valence-electron chi connectivity index (χ0n) is 9.26. The van der Waals surface area contributed by atoms with Crippen molar-refractivity contribution in [3.05, 3.63) is 0 Å². The van der Waals surface area contributed by atoms with Crippen LogP contribution in [0.3, 0.4) is 0 Å². The lowest BCUT2D eigenvalue weighted by Crippen LogP contribution is -2.46. The molecule has 0 saturated carbocycles. The molecule has 1 N–H and O–H groups in total. The summed E-state index contributed by atoms with van der Waals surface area (Å²) in [5.41, 5.74) is -0.641. The van der Waals surface area contributed by atoms with E-state index in [-0.39, 0.29) is 5.60 Å². The normalized spacial score (nSPS) is 41.1. The van der Waals surface area contributed by atoms with Gasteiger partial charge in [-0.3, -0.25) is 0 Å². The molecule has 0 aromatic rings. The van der Waals surface area contributed by atoms with E-state index in [9.17, 15) is 5.11 Å². The van der Waals surface area contributed by atoms with Crippen LogP contribution in [0.4, 0.5) is 0 Å². The van der Waals surface area contributed by atoms with E-state index in [1.165, 1.54) is 0 Å². The highest BCUT2D eigenvalue weighted by Crippen LogP contribution is 2.35.